The lowest BCUT2D eigenvalue weighted by molar-refractivity contribution is 0.101. The lowest BCUT2D eigenvalue weighted by Gasteiger charge is -2.08. The zero-order valence-electron chi connectivity index (χ0n) is 15.0. The third-order valence-electron chi connectivity index (χ3n) is 4.14. The molecule has 0 atom stereocenters. The molecule has 0 radical (unpaired) electrons. The predicted octanol–water partition coefficient (Wildman–Crippen LogP) is 3.19. The minimum atomic E-state index is -0.523. The first-order valence-electron chi connectivity index (χ1n) is 8.62. The molecule has 29 heavy (non-hydrogen) atoms. The highest BCUT2D eigenvalue weighted by atomic mass is 16.7. The Morgan fingerprint density at radius 2 is 1.62 bits per heavy atom. The van der Waals surface area contributed by atoms with Crippen LogP contribution in [0, 0.1) is 11.3 Å². The van der Waals surface area contributed by atoms with Crippen molar-refractivity contribution in [2.24, 2.45) is 0 Å². The van der Waals surface area contributed by atoms with E-state index in [0.29, 0.717) is 28.4 Å². The summed E-state index contributed by atoms with van der Waals surface area (Å²) in [6.07, 6.45) is 0. The second kappa shape index (κ2) is 7.70. The van der Waals surface area contributed by atoms with Crippen LogP contribution in [0.25, 0.3) is 0 Å². The number of nitrogens with one attached hydrogen (secondary N) is 2. The first-order chi connectivity index (χ1) is 14.1. The van der Waals surface area contributed by atoms with E-state index >= 15 is 0 Å². The van der Waals surface area contributed by atoms with Gasteiger partial charge in [0.05, 0.1) is 11.3 Å². The third kappa shape index (κ3) is 3.84. The number of para-hydroxylation sites is 1. The Labute approximate surface area is 165 Å². The van der Waals surface area contributed by atoms with Crippen molar-refractivity contribution in [3.05, 3.63) is 77.6 Å². The molecule has 0 fully saturated rings. The number of carbonyl (C=O) groups excluding carboxylic acids is 2. The van der Waals surface area contributed by atoms with E-state index in [1.165, 1.54) is 12.1 Å². The van der Waals surface area contributed by atoms with Crippen LogP contribution >= 0.6 is 0 Å². The first-order valence-corrected chi connectivity index (χ1v) is 8.62. The maximum absolute atomic E-state index is 12.5. The summed E-state index contributed by atoms with van der Waals surface area (Å²) in [7, 11) is 0. The fourth-order valence-corrected chi connectivity index (χ4v) is 2.73. The minimum Gasteiger partial charge on any atom is -0.454 e. The van der Waals surface area contributed by atoms with E-state index < -0.39 is 11.8 Å². The van der Waals surface area contributed by atoms with E-state index in [-0.39, 0.29) is 18.2 Å². The van der Waals surface area contributed by atoms with E-state index in [1.807, 2.05) is 6.07 Å². The molecule has 2 aromatic carbocycles. The van der Waals surface area contributed by atoms with Crippen LogP contribution in [-0.4, -0.2) is 23.6 Å². The zero-order chi connectivity index (χ0) is 20.2. The highest BCUT2D eigenvalue weighted by Crippen LogP contribution is 2.34. The summed E-state index contributed by atoms with van der Waals surface area (Å²) in [6.45, 7) is 0.139. The van der Waals surface area contributed by atoms with Crippen molar-refractivity contribution in [1.82, 2.24) is 4.98 Å². The number of pyridine rings is 1. The van der Waals surface area contributed by atoms with Gasteiger partial charge in [-0.1, -0.05) is 18.2 Å². The van der Waals surface area contributed by atoms with Crippen LogP contribution in [0.5, 0.6) is 11.5 Å². The van der Waals surface area contributed by atoms with E-state index in [4.69, 9.17) is 14.7 Å². The van der Waals surface area contributed by atoms with Crippen LogP contribution in [0.4, 0.5) is 11.4 Å². The Morgan fingerprint density at radius 3 is 2.41 bits per heavy atom. The largest absolute Gasteiger partial charge is 0.454 e. The van der Waals surface area contributed by atoms with Gasteiger partial charge < -0.3 is 20.1 Å². The lowest BCUT2D eigenvalue weighted by atomic mass is 10.2. The number of nitriles is 1. The Hall–Kier alpha value is -4.38. The quantitative estimate of drug-likeness (QED) is 0.712. The summed E-state index contributed by atoms with van der Waals surface area (Å²) in [5.41, 5.74) is 1.34. The molecule has 0 saturated heterocycles. The van der Waals surface area contributed by atoms with Crippen LogP contribution < -0.4 is 20.1 Å². The lowest BCUT2D eigenvalue weighted by Crippen LogP contribution is -2.18. The monoisotopic (exact) mass is 386 g/mol. The third-order valence-corrected chi connectivity index (χ3v) is 4.14. The fraction of sp³-hybridized carbons (Fsp3) is 0.0476. The van der Waals surface area contributed by atoms with Gasteiger partial charge in [-0.3, -0.25) is 9.59 Å². The molecule has 1 aliphatic heterocycles. The summed E-state index contributed by atoms with van der Waals surface area (Å²) < 4.78 is 10.5. The molecule has 0 aliphatic carbocycles. The summed E-state index contributed by atoms with van der Waals surface area (Å²) in [6, 6.07) is 18.2. The topological polar surface area (TPSA) is 113 Å². The van der Waals surface area contributed by atoms with E-state index in [2.05, 4.69) is 15.6 Å². The standard InChI is InChI=1S/C21H14N4O4/c22-11-13-4-1-2-5-15(13)25-21(27)17-7-3-6-16(24-17)20(26)23-14-8-9-18-19(10-14)29-12-28-18/h1-10H,12H2,(H,23,26)(H,25,27). The smallest absolute Gasteiger partial charge is 0.274 e. The van der Waals surface area contributed by atoms with Gasteiger partial charge >= 0.3 is 0 Å². The van der Waals surface area contributed by atoms with E-state index in [1.54, 1.807) is 48.5 Å². The summed E-state index contributed by atoms with van der Waals surface area (Å²) in [5, 5.41) is 14.5. The average molecular weight is 386 g/mol. The van der Waals surface area contributed by atoms with Crippen LogP contribution in [0.1, 0.15) is 26.5 Å². The van der Waals surface area contributed by atoms with Gasteiger partial charge in [0.1, 0.15) is 17.5 Å². The molecule has 1 aromatic heterocycles. The molecule has 3 aromatic rings. The second-order valence-electron chi connectivity index (χ2n) is 6.04. The SMILES string of the molecule is N#Cc1ccccc1NC(=O)c1cccc(C(=O)Nc2ccc3c(c2)OCO3)n1. The number of aromatic nitrogens is 1. The molecular formula is C21H14N4O4. The normalized spacial score (nSPS) is 11.4. The Bertz CT molecular complexity index is 1150. The molecule has 1 aliphatic rings. The molecule has 0 unspecified atom stereocenters. The number of ether oxygens (including phenoxy) is 2. The molecular weight excluding hydrogens is 372 g/mol. The molecule has 2 N–H and O–H groups in total. The number of benzene rings is 2. The Balaban J connectivity index is 1.50. The zero-order valence-corrected chi connectivity index (χ0v) is 15.0. The van der Waals surface area contributed by atoms with Crippen molar-refractivity contribution in [1.29, 1.82) is 5.26 Å². The maximum atomic E-state index is 12.5. The van der Waals surface area contributed by atoms with Gasteiger partial charge in [-0.25, -0.2) is 4.98 Å². The van der Waals surface area contributed by atoms with Crippen molar-refractivity contribution >= 4 is 23.2 Å². The number of carbonyl (C=O) groups is 2. The number of hydrogen-bond donors (Lipinski definition) is 2. The molecule has 2 heterocycles. The van der Waals surface area contributed by atoms with Crippen molar-refractivity contribution < 1.29 is 19.1 Å². The Kier molecular flexibility index (Phi) is 4.78. The highest BCUT2D eigenvalue weighted by Gasteiger charge is 2.17. The molecule has 0 bridgehead atoms. The van der Waals surface area contributed by atoms with Gasteiger partial charge in [0.2, 0.25) is 6.79 Å². The summed E-state index contributed by atoms with van der Waals surface area (Å²) >= 11 is 0. The van der Waals surface area contributed by atoms with Crippen LogP contribution in [0.15, 0.2) is 60.7 Å². The Morgan fingerprint density at radius 1 is 0.897 bits per heavy atom. The molecule has 8 nitrogen and oxygen atoms in total. The number of fused-ring (bicyclic) bond motifs is 1. The average Bonchev–Trinajstić information content (AvgIpc) is 3.22. The molecule has 4 rings (SSSR count). The number of anilines is 2. The van der Waals surface area contributed by atoms with Crippen LogP contribution in [0.3, 0.4) is 0 Å². The molecule has 0 saturated carbocycles. The van der Waals surface area contributed by atoms with Gasteiger partial charge in [0.25, 0.3) is 11.8 Å². The maximum Gasteiger partial charge on any atom is 0.274 e. The molecule has 2 amide bonds. The number of hydrogen-bond acceptors (Lipinski definition) is 6. The number of rotatable bonds is 4. The van der Waals surface area contributed by atoms with Crippen molar-refractivity contribution in [2.45, 2.75) is 0 Å². The van der Waals surface area contributed by atoms with Gasteiger partial charge in [-0.05, 0) is 36.4 Å². The fourth-order valence-electron chi connectivity index (χ4n) is 2.73. The van der Waals surface area contributed by atoms with E-state index in [0.717, 1.165) is 0 Å². The predicted molar refractivity (Wildman–Crippen MR) is 104 cm³/mol. The minimum absolute atomic E-state index is 0.0519. The van der Waals surface area contributed by atoms with Crippen LogP contribution in [0.2, 0.25) is 0 Å². The van der Waals surface area contributed by atoms with Crippen molar-refractivity contribution in [3.63, 3.8) is 0 Å². The summed E-state index contributed by atoms with van der Waals surface area (Å²) in [5.74, 6) is 0.152. The van der Waals surface area contributed by atoms with Gasteiger partial charge in [-0.2, -0.15) is 5.26 Å². The van der Waals surface area contributed by atoms with Gasteiger partial charge in [0.15, 0.2) is 11.5 Å². The first kappa shape index (κ1) is 18.0. The number of nitrogens with zero attached hydrogens (tertiary/aromatic N) is 2. The van der Waals surface area contributed by atoms with Crippen LogP contribution in [-0.2, 0) is 0 Å². The van der Waals surface area contributed by atoms with Crippen molar-refractivity contribution in [3.8, 4) is 17.6 Å². The molecule has 8 heteroatoms. The van der Waals surface area contributed by atoms with Gasteiger partial charge in [0, 0.05) is 11.8 Å². The number of amides is 2. The van der Waals surface area contributed by atoms with Crippen molar-refractivity contribution in [2.75, 3.05) is 17.4 Å². The molecule has 0 spiro atoms. The molecule has 142 valence electrons. The second-order valence-corrected chi connectivity index (χ2v) is 6.04. The summed E-state index contributed by atoms with van der Waals surface area (Å²) in [4.78, 5) is 29.2. The van der Waals surface area contributed by atoms with Gasteiger partial charge in [-0.15, -0.1) is 0 Å². The highest BCUT2D eigenvalue weighted by molar-refractivity contribution is 6.06. The van der Waals surface area contributed by atoms with E-state index in [9.17, 15) is 9.59 Å².